The lowest BCUT2D eigenvalue weighted by Gasteiger charge is -2.17. The van der Waals surface area contributed by atoms with Gasteiger partial charge in [-0.05, 0) is 50.8 Å². The van der Waals surface area contributed by atoms with Crippen molar-refractivity contribution >= 4 is 11.8 Å². The predicted molar refractivity (Wildman–Crippen MR) is 77.5 cm³/mol. The van der Waals surface area contributed by atoms with Gasteiger partial charge in [-0.2, -0.15) is 0 Å². The first kappa shape index (κ1) is 15.3. The molecule has 0 amide bonds. The smallest absolute Gasteiger partial charge is 0.132 e. The summed E-state index contributed by atoms with van der Waals surface area (Å²) >= 11 is 1.68. The number of aliphatic hydroxyl groups is 1. The van der Waals surface area contributed by atoms with Crippen LogP contribution in [0.5, 0.6) is 5.75 Å². The quantitative estimate of drug-likeness (QED) is 0.747. The molecule has 2 unspecified atom stereocenters. The average molecular weight is 269 g/mol. The van der Waals surface area contributed by atoms with Crippen LogP contribution in [0.2, 0.25) is 0 Å². The molecule has 0 aliphatic rings. The van der Waals surface area contributed by atoms with Crippen LogP contribution < -0.4 is 10.1 Å². The van der Waals surface area contributed by atoms with Gasteiger partial charge < -0.3 is 15.2 Å². The Morgan fingerprint density at radius 3 is 2.67 bits per heavy atom. The number of methoxy groups -OCH3 is 1. The van der Waals surface area contributed by atoms with Gasteiger partial charge >= 0.3 is 0 Å². The number of hydrogen-bond acceptors (Lipinski definition) is 4. The van der Waals surface area contributed by atoms with Gasteiger partial charge in [0.25, 0.3) is 0 Å². The van der Waals surface area contributed by atoms with Crippen molar-refractivity contribution in [2.75, 3.05) is 19.9 Å². The van der Waals surface area contributed by atoms with E-state index in [1.165, 1.54) is 5.56 Å². The third kappa shape index (κ3) is 4.52. The zero-order chi connectivity index (χ0) is 13.5. The van der Waals surface area contributed by atoms with Crippen molar-refractivity contribution in [2.24, 2.45) is 0 Å². The van der Waals surface area contributed by atoms with Gasteiger partial charge in [-0.15, -0.1) is 11.8 Å². The fourth-order valence-corrected chi connectivity index (χ4v) is 2.30. The summed E-state index contributed by atoms with van der Waals surface area (Å²) in [4.78, 5) is 1.15. The highest BCUT2D eigenvalue weighted by Crippen LogP contribution is 2.30. The van der Waals surface area contributed by atoms with Crippen LogP contribution >= 0.6 is 11.8 Å². The molecule has 102 valence electrons. The third-order valence-electron chi connectivity index (χ3n) is 2.92. The van der Waals surface area contributed by atoms with Crippen molar-refractivity contribution in [3.05, 3.63) is 23.8 Å². The fourth-order valence-electron chi connectivity index (χ4n) is 1.75. The Bertz CT molecular complexity index is 369. The maximum absolute atomic E-state index is 9.22. The molecule has 0 spiro atoms. The molecule has 1 aromatic rings. The Morgan fingerprint density at radius 1 is 1.39 bits per heavy atom. The Kier molecular flexibility index (Phi) is 6.54. The number of thioether (sulfide) groups is 1. The molecule has 0 saturated heterocycles. The van der Waals surface area contributed by atoms with Crippen molar-refractivity contribution in [3.63, 3.8) is 0 Å². The zero-order valence-electron chi connectivity index (χ0n) is 11.6. The van der Waals surface area contributed by atoms with Crippen LogP contribution in [0.15, 0.2) is 23.1 Å². The second-order valence-corrected chi connectivity index (χ2v) is 5.28. The molecule has 0 heterocycles. The Hall–Kier alpha value is -0.710. The van der Waals surface area contributed by atoms with E-state index in [2.05, 4.69) is 30.4 Å². The summed E-state index contributed by atoms with van der Waals surface area (Å²) in [5, 5.41) is 12.6. The SMILES string of the molecule is COc1cc(C(C)NCCC(C)O)ccc1SC. The van der Waals surface area contributed by atoms with E-state index < -0.39 is 0 Å². The monoisotopic (exact) mass is 269 g/mol. The van der Waals surface area contributed by atoms with E-state index in [4.69, 9.17) is 4.74 Å². The first-order valence-electron chi connectivity index (χ1n) is 6.21. The molecule has 2 N–H and O–H groups in total. The molecular formula is C14H23NO2S. The van der Waals surface area contributed by atoms with Crippen LogP contribution in [0.1, 0.15) is 31.9 Å². The summed E-state index contributed by atoms with van der Waals surface area (Å²) in [6.45, 7) is 4.74. The Labute approximate surface area is 114 Å². The van der Waals surface area contributed by atoms with Gasteiger partial charge in [0.1, 0.15) is 5.75 Å². The van der Waals surface area contributed by atoms with Crippen LogP contribution in [-0.4, -0.2) is 31.1 Å². The molecule has 18 heavy (non-hydrogen) atoms. The largest absolute Gasteiger partial charge is 0.496 e. The highest BCUT2D eigenvalue weighted by molar-refractivity contribution is 7.98. The first-order chi connectivity index (χ1) is 8.58. The highest BCUT2D eigenvalue weighted by Gasteiger charge is 2.09. The number of rotatable bonds is 7. The molecule has 0 fully saturated rings. The molecular weight excluding hydrogens is 246 g/mol. The summed E-state index contributed by atoms with van der Waals surface area (Å²) in [7, 11) is 1.70. The van der Waals surface area contributed by atoms with Gasteiger partial charge in [-0.3, -0.25) is 0 Å². The maximum atomic E-state index is 9.22. The van der Waals surface area contributed by atoms with E-state index in [0.29, 0.717) is 0 Å². The molecule has 1 aromatic carbocycles. The number of aliphatic hydroxyl groups excluding tert-OH is 1. The molecule has 0 aliphatic carbocycles. The maximum Gasteiger partial charge on any atom is 0.132 e. The number of nitrogens with one attached hydrogen (secondary N) is 1. The second-order valence-electron chi connectivity index (χ2n) is 4.43. The van der Waals surface area contributed by atoms with Crippen molar-refractivity contribution in [1.82, 2.24) is 5.32 Å². The molecule has 3 nitrogen and oxygen atoms in total. The van der Waals surface area contributed by atoms with Crippen LogP contribution in [0.4, 0.5) is 0 Å². The lowest BCUT2D eigenvalue weighted by atomic mass is 10.1. The van der Waals surface area contributed by atoms with Gasteiger partial charge in [0.15, 0.2) is 0 Å². The van der Waals surface area contributed by atoms with Crippen LogP contribution in [0, 0.1) is 0 Å². The number of hydrogen-bond donors (Lipinski definition) is 2. The number of ether oxygens (including phenoxy) is 1. The van der Waals surface area contributed by atoms with E-state index in [0.717, 1.165) is 23.6 Å². The standard InChI is InChI=1S/C14H23NO2S/c1-10(16)7-8-15-11(2)12-5-6-14(18-4)13(9-12)17-3/h5-6,9-11,15-16H,7-8H2,1-4H3. The van der Waals surface area contributed by atoms with Crippen LogP contribution in [0.3, 0.4) is 0 Å². The molecule has 0 radical (unpaired) electrons. The van der Waals surface area contributed by atoms with Gasteiger partial charge in [0, 0.05) is 10.9 Å². The summed E-state index contributed by atoms with van der Waals surface area (Å²) in [6, 6.07) is 6.54. The normalized spacial score (nSPS) is 14.3. The first-order valence-corrected chi connectivity index (χ1v) is 7.44. The lowest BCUT2D eigenvalue weighted by molar-refractivity contribution is 0.182. The van der Waals surface area contributed by atoms with Gasteiger partial charge in [-0.1, -0.05) is 6.07 Å². The summed E-state index contributed by atoms with van der Waals surface area (Å²) in [5.41, 5.74) is 1.20. The minimum absolute atomic E-state index is 0.252. The molecule has 0 aromatic heterocycles. The van der Waals surface area contributed by atoms with E-state index in [1.54, 1.807) is 18.9 Å². The van der Waals surface area contributed by atoms with Crippen LogP contribution in [-0.2, 0) is 0 Å². The molecule has 0 bridgehead atoms. The van der Waals surface area contributed by atoms with E-state index >= 15 is 0 Å². The molecule has 4 heteroatoms. The second kappa shape index (κ2) is 7.67. The molecule has 2 atom stereocenters. The third-order valence-corrected chi connectivity index (χ3v) is 3.70. The molecule has 0 aliphatic heterocycles. The fraction of sp³-hybridized carbons (Fsp3) is 0.571. The average Bonchev–Trinajstić information content (AvgIpc) is 2.37. The summed E-state index contributed by atoms with van der Waals surface area (Å²) < 4.78 is 5.38. The molecule has 0 saturated carbocycles. The number of benzene rings is 1. The van der Waals surface area contributed by atoms with Crippen molar-refractivity contribution in [1.29, 1.82) is 0 Å². The van der Waals surface area contributed by atoms with E-state index in [1.807, 2.05) is 13.2 Å². The van der Waals surface area contributed by atoms with E-state index in [-0.39, 0.29) is 12.1 Å². The van der Waals surface area contributed by atoms with Crippen molar-refractivity contribution in [3.8, 4) is 5.75 Å². The van der Waals surface area contributed by atoms with Gasteiger partial charge in [0.2, 0.25) is 0 Å². The lowest BCUT2D eigenvalue weighted by Crippen LogP contribution is -2.22. The molecule has 1 rings (SSSR count). The van der Waals surface area contributed by atoms with Crippen molar-refractivity contribution in [2.45, 2.75) is 37.3 Å². The summed E-state index contributed by atoms with van der Waals surface area (Å²) in [5.74, 6) is 0.921. The van der Waals surface area contributed by atoms with Gasteiger partial charge in [0.05, 0.1) is 13.2 Å². The van der Waals surface area contributed by atoms with Gasteiger partial charge in [-0.25, -0.2) is 0 Å². The minimum atomic E-state index is -0.252. The Morgan fingerprint density at radius 2 is 2.11 bits per heavy atom. The summed E-state index contributed by atoms with van der Waals surface area (Å²) in [6.07, 6.45) is 2.56. The van der Waals surface area contributed by atoms with E-state index in [9.17, 15) is 5.11 Å². The zero-order valence-corrected chi connectivity index (χ0v) is 12.4. The van der Waals surface area contributed by atoms with Crippen molar-refractivity contribution < 1.29 is 9.84 Å². The predicted octanol–water partition coefficient (Wildman–Crippen LogP) is 2.84. The minimum Gasteiger partial charge on any atom is -0.496 e. The highest BCUT2D eigenvalue weighted by atomic mass is 32.2. The topological polar surface area (TPSA) is 41.5 Å². The Balaban J connectivity index is 2.65. The van der Waals surface area contributed by atoms with Crippen LogP contribution in [0.25, 0.3) is 0 Å².